The van der Waals surface area contributed by atoms with Crippen molar-refractivity contribution in [2.45, 2.75) is 13.8 Å². The van der Waals surface area contributed by atoms with Crippen LogP contribution in [-0.2, 0) is 0 Å². The van der Waals surface area contributed by atoms with Crippen LogP contribution in [0.2, 0.25) is 0 Å². The van der Waals surface area contributed by atoms with Crippen molar-refractivity contribution in [3.63, 3.8) is 0 Å². The standard InChI is InChI=1S/C14H12N2O3/c1-7-3-9-10(4-8(7)2)16-6-13(18)12(17)5-11(16)14(19)15-9/h3-6,18H,1-2H3,(H,15,19). The number of H-pyrrole nitrogens is 1. The van der Waals surface area contributed by atoms with Crippen molar-refractivity contribution >= 4 is 16.6 Å². The van der Waals surface area contributed by atoms with E-state index in [2.05, 4.69) is 4.98 Å². The van der Waals surface area contributed by atoms with Gasteiger partial charge in [0.2, 0.25) is 5.43 Å². The number of fused-ring (bicyclic) bond motifs is 3. The lowest BCUT2D eigenvalue weighted by Crippen LogP contribution is -2.15. The van der Waals surface area contributed by atoms with Gasteiger partial charge in [-0.15, -0.1) is 0 Å². The Balaban J connectivity index is 2.65. The first kappa shape index (κ1) is 11.5. The summed E-state index contributed by atoms with van der Waals surface area (Å²) in [4.78, 5) is 26.1. The Morgan fingerprint density at radius 2 is 1.74 bits per heavy atom. The topological polar surface area (TPSA) is 74.6 Å². The molecule has 3 rings (SSSR count). The number of aromatic hydroxyl groups is 1. The zero-order valence-electron chi connectivity index (χ0n) is 10.5. The molecule has 0 amide bonds. The maximum absolute atomic E-state index is 12.0. The van der Waals surface area contributed by atoms with E-state index >= 15 is 0 Å². The van der Waals surface area contributed by atoms with Crippen LogP contribution in [-0.4, -0.2) is 14.5 Å². The van der Waals surface area contributed by atoms with Gasteiger partial charge >= 0.3 is 0 Å². The highest BCUT2D eigenvalue weighted by Crippen LogP contribution is 2.18. The molecule has 0 atom stereocenters. The van der Waals surface area contributed by atoms with Crippen LogP contribution in [0.3, 0.4) is 0 Å². The van der Waals surface area contributed by atoms with E-state index < -0.39 is 5.43 Å². The highest BCUT2D eigenvalue weighted by molar-refractivity contribution is 5.79. The molecule has 3 aromatic rings. The number of hydrogen-bond donors (Lipinski definition) is 2. The SMILES string of the molecule is Cc1cc2[nH]c(=O)c3cc(=O)c(O)cn3c2cc1C. The lowest BCUT2D eigenvalue weighted by atomic mass is 10.1. The van der Waals surface area contributed by atoms with Gasteiger partial charge in [0.15, 0.2) is 5.75 Å². The summed E-state index contributed by atoms with van der Waals surface area (Å²) in [7, 11) is 0. The summed E-state index contributed by atoms with van der Waals surface area (Å²) in [6.07, 6.45) is 1.28. The second-order valence-corrected chi connectivity index (χ2v) is 4.69. The summed E-state index contributed by atoms with van der Waals surface area (Å²) < 4.78 is 1.54. The molecule has 5 nitrogen and oxygen atoms in total. The van der Waals surface area contributed by atoms with Crippen LogP contribution in [0, 0.1) is 13.8 Å². The van der Waals surface area contributed by atoms with E-state index in [1.54, 1.807) is 0 Å². The third-order valence-corrected chi connectivity index (χ3v) is 3.38. The Morgan fingerprint density at radius 1 is 1.05 bits per heavy atom. The monoisotopic (exact) mass is 256 g/mol. The molecule has 1 aromatic carbocycles. The molecule has 0 saturated heterocycles. The molecule has 2 N–H and O–H groups in total. The van der Waals surface area contributed by atoms with Crippen LogP contribution in [0.25, 0.3) is 16.6 Å². The Morgan fingerprint density at radius 3 is 2.47 bits per heavy atom. The number of benzene rings is 1. The molecule has 0 unspecified atom stereocenters. The van der Waals surface area contributed by atoms with Crippen LogP contribution < -0.4 is 11.0 Å². The van der Waals surface area contributed by atoms with E-state index in [-0.39, 0.29) is 16.8 Å². The minimum absolute atomic E-state index is 0.221. The molecule has 2 aromatic heterocycles. The Kier molecular flexibility index (Phi) is 2.25. The minimum Gasteiger partial charge on any atom is -0.503 e. The van der Waals surface area contributed by atoms with Gasteiger partial charge in [-0.25, -0.2) is 0 Å². The zero-order chi connectivity index (χ0) is 13.7. The predicted octanol–water partition coefficient (Wildman–Crippen LogP) is 1.46. The molecule has 0 aliphatic rings. The van der Waals surface area contributed by atoms with Gasteiger partial charge in [0.25, 0.3) is 5.56 Å². The van der Waals surface area contributed by atoms with Gasteiger partial charge in [-0.1, -0.05) is 0 Å². The fraction of sp³-hybridized carbons (Fsp3) is 0.143. The quantitative estimate of drug-likeness (QED) is 0.598. The zero-order valence-corrected chi connectivity index (χ0v) is 10.5. The maximum atomic E-state index is 12.0. The fourth-order valence-electron chi connectivity index (χ4n) is 2.18. The van der Waals surface area contributed by atoms with Gasteiger partial charge in [-0.3, -0.25) is 9.59 Å². The van der Waals surface area contributed by atoms with E-state index in [4.69, 9.17) is 0 Å². The third-order valence-electron chi connectivity index (χ3n) is 3.38. The van der Waals surface area contributed by atoms with Gasteiger partial charge in [0.05, 0.1) is 17.2 Å². The molecule has 19 heavy (non-hydrogen) atoms. The van der Waals surface area contributed by atoms with E-state index in [1.165, 1.54) is 10.6 Å². The number of pyridine rings is 1. The minimum atomic E-state index is -0.561. The summed E-state index contributed by atoms with van der Waals surface area (Å²) in [5.41, 5.74) is 2.85. The average molecular weight is 256 g/mol. The summed E-state index contributed by atoms with van der Waals surface area (Å²) in [6, 6.07) is 4.93. The van der Waals surface area contributed by atoms with E-state index in [0.717, 1.165) is 22.7 Å². The summed E-state index contributed by atoms with van der Waals surface area (Å²) >= 11 is 0. The van der Waals surface area contributed by atoms with Crippen molar-refractivity contribution in [1.82, 2.24) is 9.38 Å². The van der Waals surface area contributed by atoms with Crippen LogP contribution in [0.4, 0.5) is 0 Å². The first-order chi connectivity index (χ1) is 8.97. The van der Waals surface area contributed by atoms with Gasteiger partial charge in [0, 0.05) is 6.07 Å². The molecule has 2 heterocycles. The van der Waals surface area contributed by atoms with Crippen molar-refractivity contribution in [2.24, 2.45) is 0 Å². The second kappa shape index (κ2) is 3.71. The van der Waals surface area contributed by atoms with Gasteiger partial charge in [-0.2, -0.15) is 0 Å². The Labute approximate surface area is 107 Å². The van der Waals surface area contributed by atoms with E-state index in [9.17, 15) is 14.7 Å². The second-order valence-electron chi connectivity index (χ2n) is 4.69. The van der Waals surface area contributed by atoms with Gasteiger partial charge in [0.1, 0.15) is 5.52 Å². The molecule has 96 valence electrons. The van der Waals surface area contributed by atoms with Crippen molar-refractivity contribution in [3.05, 3.63) is 56.1 Å². The first-order valence-electron chi connectivity index (χ1n) is 5.86. The number of rotatable bonds is 0. The first-order valence-corrected chi connectivity index (χ1v) is 5.86. The van der Waals surface area contributed by atoms with E-state index in [1.807, 2.05) is 26.0 Å². The summed E-state index contributed by atoms with van der Waals surface area (Å²) in [5, 5.41) is 9.55. The molecule has 0 radical (unpaired) electrons. The molecule has 0 fully saturated rings. The Bertz CT molecular complexity index is 935. The summed E-state index contributed by atoms with van der Waals surface area (Å²) in [6.45, 7) is 3.92. The predicted molar refractivity (Wildman–Crippen MR) is 72.9 cm³/mol. The van der Waals surface area contributed by atoms with Crippen LogP contribution >= 0.6 is 0 Å². The molecule has 0 saturated carbocycles. The van der Waals surface area contributed by atoms with Gasteiger partial charge in [-0.05, 0) is 37.1 Å². The lowest BCUT2D eigenvalue weighted by molar-refractivity contribution is 0.467. The normalized spacial score (nSPS) is 11.3. The number of nitrogens with one attached hydrogen (secondary N) is 1. The number of aromatic nitrogens is 2. The number of nitrogens with zero attached hydrogens (tertiary/aromatic N) is 1. The Hall–Kier alpha value is -2.56. The molecule has 0 bridgehead atoms. The molecule has 5 heteroatoms. The van der Waals surface area contributed by atoms with E-state index in [0.29, 0.717) is 5.52 Å². The molecular formula is C14H12N2O3. The maximum Gasteiger partial charge on any atom is 0.272 e. The van der Waals surface area contributed by atoms with Crippen LogP contribution in [0.1, 0.15) is 11.1 Å². The van der Waals surface area contributed by atoms with Crippen molar-refractivity contribution in [2.75, 3.05) is 0 Å². The largest absolute Gasteiger partial charge is 0.503 e. The third kappa shape index (κ3) is 1.62. The smallest absolute Gasteiger partial charge is 0.272 e. The van der Waals surface area contributed by atoms with Crippen molar-refractivity contribution in [3.8, 4) is 5.75 Å². The van der Waals surface area contributed by atoms with Crippen molar-refractivity contribution in [1.29, 1.82) is 0 Å². The molecule has 0 aliphatic heterocycles. The van der Waals surface area contributed by atoms with Crippen LogP contribution in [0.15, 0.2) is 34.0 Å². The number of aryl methyl sites for hydroxylation is 2. The lowest BCUT2D eigenvalue weighted by Gasteiger charge is -2.09. The highest BCUT2D eigenvalue weighted by Gasteiger charge is 2.08. The molecule has 0 spiro atoms. The average Bonchev–Trinajstić information content (AvgIpc) is 2.35. The molecular weight excluding hydrogens is 244 g/mol. The van der Waals surface area contributed by atoms with Gasteiger partial charge < -0.3 is 14.5 Å². The van der Waals surface area contributed by atoms with Crippen molar-refractivity contribution < 1.29 is 5.11 Å². The van der Waals surface area contributed by atoms with Crippen LogP contribution in [0.5, 0.6) is 5.75 Å². The number of aromatic amines is 1. The fourth-order valence-corrected chi connectivity index (χ4v) is 2.18. The number of hydrogen-bond acceptors (Lipinski definition) is 3. The molecule has 0 aliphatic carbocycles. The highest BCUT2D eigenvalue weighted by atomic mass is 16.3. The summed E-state index contributed by atoms with van der Waals surface area (Å²) in [5.74, 6) is -0.373.